The van der Waals surface area contributed by atoms with Gasteiger partial charge in [-0.2, -0.15) is 0 Å². The number of aromatic carboxylic acids is 1. The molecule has 1 heterocycles. The first-order valence-corrected chi connectivity index (χ1v) is 7.30. The Kier molecular flexibility index (Phi) is 3.24. The smallest absolute Gasteiger partial charge is 0.335 e. The average Bonchev–Trinajstić information content (AvgIpc) is 2.90. The van der Waals surface area contributed by atoms with Crippen LogP contribution in [-0.4, -0.2) is 17.3 Å². The highest BCUT2D eigenvalue weighted by Gasteiger charge is 2.11. The number of rotatable bonds is 3. The lowest BCUT2D eigenvalue weighted by atomic mass is 10.0. The Morgan fingerprint density at radius 3 is 2.55 bits per heavy atom. The minimum Gasteiger partial charge on any atom is -0.478 e. The van der Waals surface area contributed by atoms with Crippen LogP contribution < -0.4 is 0 Å². The molecule has 0 saturated heterocycles. The van der Waals surface area contributed by atoms with Crippen molar-refractivity contribution in [1.82, 2.24) is 0 Å². The number of furan rings is 1. The molecule has 0 aliphatic heterocycles. The van der Waals surface area contributed by atoms with Gasteiger partial charge in [0.15, 0.2) is 0 Å². The standard InChI is InChI=1S/C16H12O3S/c1-20-12-5-2-10(3-6-12)14-9-19-15-7-4-11(16(17)18)8-13(14)15/h2-9H,1H3,(H,17,18). The summed E-state index contributed by atoms with van der Waals surface area (Å²) in [6, 6.07) is 13.0. The molecule has 3 nitrogen and oxygen atoms in total. The zero-order valence-corrected chi connectivity index (χ0v) is 11.6. The van der Waals surface area contributed by atoms with Gasteiger partial charge in [-0.1, -0.05) is 12.1 Å². The van der Waals surface area contributed by atoms with Gasteiger partial charge in [0, 0.05) is 15.8 Å². The summed E-state index contributed by atoms with van der Waals surface area (Å²) >= 11 is 1.68. The van der Waals surface area contributed by atoms with Gasteiger partial charge in [-0.05, 0) is 42.2 Å². The molecule has 0 aliphatic rings. The van der Waals surface area contributed by atoms with Gasteiger partial charge in [0.2, 0.25) is 0 Å². The number of carboxylic acids is 1. The maximum Gasteiger partial charge on any atom is 0.335 e. The Hall–Kier alpha value is -2.20. The van der Waals surface area contributed by atoms with Crippen molar-refractivity contribution < 1.29 is 14.3 Å². The fraction of sp³-hybridized carbons (Fsp3) is 0.0625. The molecule has 20 heavy (non-hydrogen) atoms. The van der Waals surface area contributed by atoms with Gasteiger partial charge in [0.25, 0.3) is 0 Å². The molecular formula is C16H12O3S. The quantitative estimate of drug-likeness (QED) is 0.718. The van der Waals surface area contributed by atoms with Gasteiger partial charge in [-0.15, -0.1) is 11.8 Å². The normalized spacial score (nSPS) is 10.8. The first-order valence-electron chi connectivity index (χ1n) is 6.08. The molecule has 3 aromatic rings. The number of hydrogen-bond donors (Lipinski definition) is 1. The first kappa shape index (κ1) is 12.8. The molecule has 0 spiro atoms. The average molecular weight is 284 g/mol. The summed E-state index contributed by atoms with van der Waals surface area (Å²) in [5, 5.41) is 9.90. The second-order valence-corrected chi connectivity index (χ2v) is 5.27. The van der Waals surface area contributed by atoms with Gasteiger partial charge in [-0.3, -0.25) is 0 Å². The Balaban J connectivity index is 2.14. The Morgan fingerprint density at radius 1 is 1.15 bits per heavy atom. The number of carboxylic acid groups (broad SMARTS) is 1. The fourth-order valence-electron chi connectivity index (χ4n) is 2.16. The van der Waals surface area contributed by atoms with Crippen LogP contribution in [0.5, 0.6) is 0 Å². The number of hydrogen-bond acceptors (Lipinski definition) is 3. The highest BCUT2D eigenvalue weighted by molar-refractivity contribution is 7.98. The Bertz CT molecular complexity index is 772. The lowest BCUT2D eigenvalue weighted by Crippen LogP contribution is -1.94. The van der Waals surface area contributed by atoms with Crippen molar-refractivity contribution in [1.29, 1.82) is 0 Å². The second-order valence-electron chi connectivity index (χ2n) is 4.39. The van der Waals surface area contributed by atoms with Crippen LogP contribution in [0.3, 0.4) is 0 Å². The molecule has 4 heteroatoms. The maximum absolute atomic E-state index is 11.1. The van der Waals surface area contributed by atoms with Gasteiger partial charge < -0.3 is 9.52 Å². The van der Waals surface area contributed by atoms with Crippen LogP contribution in [0.4, 0.5) is 0 Å². The molecule has 0 unspecified atom stereocenters. The number of carbonyl (C=O) groups is 1. The second kappa shape index (κ2) is 5.06. The lowest BCUT2D eigenvalue weighted by Gasteiger charge is -2.01. The molecule has 0 fully saturated rings. The van der Waals surface area contributed by atoms with Crippen LogP contribution in [0, 0.1) is 0 Å². The summed E-state index contributed by atoms with van der Waals surface area (Å²) in [6.07, 6.45) is 3.70. The molecule has 0 amide bonds. The van der Waals surface area contributed by atoms with Crippen molar-refractivity contribution >= 4 is 28.7 Å². The first-order chi connectivity index (χ1) is 9.69. The predicted molar refractivity (Wildman–Crippen MR) is 80.4 cm³/mol. The third-order valence-electron chi connectivity index (χ3n) is 3.22. The van der Waals surface area contributed by atoms with Crippen molar-refractivity contribution in [2.24, 2.45) is 0 Å². The summed E-state index contributed by atoms with van der Waals surface area (Å²) in [4.78, 5) is 12.3. The highest BCUT2D eigenvalue weighted by Crippen LogP contribution is 2.32. The van der Waals surface area contributed by atoms with E-state index in [1.165, 1.54) is 4.90 Å². The van der Waals surface area contributed by atoms with E-state index in [0.29, 0.717) is 5.58 Å². The minimum absolute atomic E-state index is 0.265. The summed E-state index contributed by atoms with van der Waals surface area (Å²) in [6.45, 7) is 0. The molecule has 3 rings (SSSR count). The predicted octanol–water partition coefficient (Wildman–Crippen LogP) is 4.52. The summed E-state index contributed by atoms with van der Waals surface area (Å²) in [7, 11) is 0. The molecule has 0 bridgehead atoms. The molecule has 2 aromatic carbocycles. The molecule has 100 valence electrons. The van der Waals surface area contributed by atoms with E-state index >= 15 is 0 Å². The molecule has 0 radical (unpaired) electrons. The van der Waals surface area contributed by atoms with Crippen LogP contribution in [0.15, 0.2) is 58.0 Å². The van der Waals surface area contributed by atoms with Crippen molar-refractivity contribution in [2.45, 2.75) is 4.90 Å². The van der Waals surface area contributed by atoms with E-state index in [9.17, 15) is 4.79 Å². The molecular weight excluding hydrogens is 272 g/mol. The summed E-state index contributed by atoms with van der Waals surface area (Å²) < 4.78 is 5.50. The Labute approximate surface area is 120 Å². The van der Waals surface area contributed by atoms with E-state index in [0.717, 1.165) is 16.5 Å². The minimum atomic E-state index is -0.934. The zero-order valence-electron chi connectivity index (χ0n) is 10.8. The summed E-state index contributed by atoms with van der Waals surface area (Å²) in [5.74, 6) is -0.934. The van der Waals surface area contributed by atoms with E-state index in [2.05, 4.69) is 0 Å². The van der Waals surface area contributed by atoms with Crippen molar-refractivity contribution in [3.8, 4) is 11.1 Å². The molecule has 0 atom stereocenters. The highest BCUT2D eigenvalue weighted by atomic mass is 32.2. The van der Waals surface area contributed by atoms with Crippen molar-refractivity contribution in [2.75, 3.05) is 6.26 Å². The zero-order chi connectivity index (χ0) is 14.1. The monoisotopic (exact) mass is 284 g/mol. The van der Waals surface area contributed by atoms with Crippen LogP contribution in [0.25, 0.3) is 22.1 Å². The van der Waals surface area contributed by atoms with E-state index in [4.69, 9.17) is 9.52 Å². The van der Waals surface area contributed by atoms with Crippen molar-refractivity contribution in [3.05, 3.63) is 54.3 Å². The van der Waals surface area contributed by atoms with Gasteiger partial charge in [0.1, 0.15) is 5.58 Å². The SMILES string of the molecule is CSc1ccc(-c2coc3ccc(C(=O)O)cc23)cc1. The van der Waals surface area contributed by atoms with Crippen LogP contribution >= 0.6 is 11.8 Å². The largest absolute Gasteiger partial charge is 0.478 e. The summed E-state index contributed by atoms with van der Waals surface area (Å²) in [5.41, 5.74) is 2.89. The number of fused-ring (bicyclic) bond motifs is 1. The van der Waals surface area contributed by atoms with E-state index in [-0.39, 0.29) is 5.56 Å². The lowest BCUT2D eigenvalue weighted by molar-refractivity contribution is 0.0697. The molecule has 1 N–H and O–H groups in total. The van der Waals surface area contributed by atoms with E-state index < -0.39 is 5.97 Å². The van der Waals surface area contributed by atoms with E-state index in [1.807, 2.05) is 30.5 Å². The van der Waals surface area contributed by atoms with Gasteiger partial charge in [-0.25, -0.2) is 4.79 Å². The molecule has 0 aliphatic carbocycles. The van der Waals surface area contributed by atoms with Crippen LogP contribution in [0.2, 0.25) is 0 Å². The number of benzene rings is 2. The third-order valence-corrected chi connectivity index (χ3v) is 3.97. The third kappa shape index (κ3) is 2.18. The molecule has 1 aromatic heterocycles. The number of thioether (sulfide) groups is 1. The van der Waals surface area contributed by atoms with E-state index in [1.54, 1.807) is 36.2 Å². The maximum atomic E-state index is 11.1. The fourth-order valence-corrected chi connectivity index (χ4v) is 2.56. The van der Waals surface area contributed by atoms with Gasteiger partial charge >= 0.3 is 5.97 Å². The van der Waals surface area contributed by atoms with Crippen LogP contribution in [-0.2, 0) is 0 Å². The molecule has 0 saturated carbocycles. The topological polar surface area (TPSA) is 50.4 Å². The van der Waals surface area contributed by atoms with Gasteiger partial charge in [0.05, 0.1) is 11.8 Å². The Morgan fingerprint density at radius 2 is 1.90 bits per heavy atom. The van der Waals surface area contributed by atoms with Crippen molar-refractivity contribution in [3.63, 3.8) is 0 Å². The van der Waals surface area contributed by atoms with Crippen LogP contribution in [0.1, 0.15) is 10.4 Å².